The van der Waals surface area contributed by atoms with Crippen LogP contribution < -0.4 is 0 Å². The van der Waals surface area contributed by atoms with E-state index in [4.69, 9.17) is 0 Å². The summed E-state index contributed by atoms with van der Waals surface area (Å²) in [6.07, 6.45) is 5.14. The minimum Gasteiger partial charge on any atom is -0.338 e. The SMILES string of the molecule is Cc1nc(CSc2ccc(C(=O)N3CCC(n4cncn4)CC3)cc2)cs1. The Labute approximate surface area is 166 Å². The van der Waals surface area contributed by atoms with Gasteiger partial charge < -0.3 is 4.90 Å². The van der Waals surface area contributed by atoms with Crippen LogP contribution in [0, 0.1) is 6.92 Å². The minimum absolute atomic E-state index is 0.110. The number of benzene rings is 1. The lowest BCUT2D eigenvalue weighted by atomic mass is 10.0. The Morgan fingerprint density at radius 1 is 1.26 bits per heavy atom. The Bertz CT molecular complexity index is 883. The summed E-state index contributed by atoms with van der Waals surface area (Å²) in [4.78, 5) is 24.3. The number of aromatic nitrogens is 4. The molecule has 140 valence electrons. The van der Waals surface area contributed by atoms with Crippen LogP contribution in [-0.2, 0) is 5.75 Å². The fraction of sp³-hybridized carbons (Fsp3) is 0.368. The second kappa shape index (κ2) is 8.22. The van der Waals surface area contributed by atoms with Crippen molar-refractivity contribution >= 4 is 29.0 Å². The van der Waals surface area contributed by atoms with E-state index in [0.29, 0.717) is 6.04 Å². The van der Waals surface area contributed by atoms with Gasteiger partial charge in [-0.2, -0.15) is 5.10 Å². The summed E-state index contributed by atoms with van der Waals surface area (Å²) in [5, 5.41) is 7.41. The van der Waals surface area contributed by atoms with Gasteiger partial charge >= 0.3 is 0 Å². The standard InChI is InChI=1S/C19H21N5OS2/c1-14-22-16(10-26-14)11-27-18-4-2-15(3-5-18)19(25)23-8-6-17(7-9-23)24-13-20-12-21-24/h2-5,10,12-13,17H,6-9,11H2,1H3. The number of nitrogens with zero attached hydrogens (tertiary/aromatic N) is 5. The van der Waals surface area contributed by atoms with Crippen molar-refractivity contribution in [3.8, 4) is 0 Å². The normalized spacial score (nSPS) is 15.2. The van der Waals surface area contributed by atoms with Gasteiger partial charge in [0.2, 0.25) is 0 Å². The first kappa shape index (κ1) is 18.2. The molecule has 0 atom stereocenters. The zero-order valence-corrected chi connectivity index (χ0v) is 16.7. The van der Waals surface area contributed by atoms with Crippen LogP contribution in [0.4, 0.5) is 0 Å². The summed E-state index contributed by atoms with van der Waals surface area (Å²) in [6.45, 7) is 3.53. The number of aryl methyl sites for hydroxylation is 1. The van der Waals surface area contributed by atoms with Crippen LogP contribution >= 0.6 is 23.1 Å². The molecule has 0 bridgehead atoms. The Kier molecular flexibility index (Phi) is 5.54. The first-order valence-electron chi connectivity index (χ1n) is 8.96. The first-order valence-corrected chi connectivity index (χ1v) is 10.8. The molecule has 0 radical (unpaired) electrons. The molecule has 1 fully saturated rings. The van der Waals surface area contributed by atoms with Crippen molar-refractivity contribution in [3.63, 3.8) is 0 Å². The van der Waals surface area contributed by atoms with E-state index < -0.39 is 0 Å². The molecular weight excluding hydrogens is 378 g/mol. The molecule has 0 aliphatic carbocycles. The van der Waals surface area contributed by atoms with Crippen molar-refractivity contribution in [2.24, 2.45) is 0 Å². The number of hydrogen-bond acceptors (Lipinski definition) is 6. The minimum atomic E-state index is 0.110. The molecule has 0 N–H and O–H groups in total. The molecule has 3 aromatic rings. The lowest BCUT2D eigenvalue weighted by Crippen LogP contribution is -2.39. The van der Waals surface area contributed by atoms with Gasteiger partial charge in [0.05, 0.1) is 16.7 Å². The van der Waals surface area contributed by atoms with Gasteiger partial charge in [-0.15, -0.1) is 23.1 Å². The fourth-order valence-corrected chi connectivity index (χ4v) is 4.76. The summed E-state index contributed by atoms with van der Waals surface area (Å²) >= 11 is 3.42. The lowest BCUT2D eigenvalue weighted by Gasteiger charge is -2.32. The molecule has 27 heavy (non-hydrogen) atoms. The molecular formula is C19H21N5OS2. The third-order valence-corrected chi connectivity index (χ3v) is 6.58. The van der Waals surface area contributed by atoms with Gasteiger partial charge in [-0.25, -0.2) is 14.6 Å². The van der Waals surface area contributed by atoms with E-state index in [2.05, 4.69) is 20.4 Å². The van der Waals surface area contributed by atoms with Crippen LogP contribution in [0.5, 0.6) is 0 Å². The van der Waals surface area contributed by atoms with Crippen molar-refractivity contribution in [3.05, 3.63) is 58.6 Å². The Morgan fingerprint density at radius 2 is 2.04 bits per heavy atom. The second-order valence-corrected chi connectivity index (χ2v) is 8.68. The second-order valence-electron chi connectivity index (χ2n) is 6.57. The Balaban J connectivity index is 1.31. The summed E-state index contributed by atoms with van der Waals surface area (Å²) in [7, 11) is 0. The van der Waals surface area contributed by atoms with Crippen LogP contribution in [0.2, 0.25) is 0 Å². The van der Waals surface area contributed by atoms with E-state index in [-0.39, 0.29) is 5.91 Å². The van der Waals surface area contributed by atoms with Crippen LogP contribution in [-0.4, -0.2) is 43.6 Å². The highest BCUT2D eigenvalue weighted by Gasteiger charge is 2.24. The van der Waals surface area contributed by atoms with Gasteiger partial charge in [-0.3, -0.25) is 4.79 Å². The molecule has 6 nitrogen and oxygen atoms in total. The maximum Gasteiger partial charge on any atom is 0.253 e. The molecule has 3 heterocycles. The topological polar surface area (TPSA) is 63.9 Å². The molecule has 0 saturated carbocycles. The Morgan fingerprint density at radius 3 is 2.67 bits per heavy atom. The van der Waals surface area contributed by atoms with Gasteiger partial charge in [-0.05, 0) is 44.0 Å². The maximum atomic E-state index is 12.8. The molecule has 1 aliphatic rings. The number of thioether (sulfide) groups is 1. The number of carbonyl (C=O) groups is 1. The van der Waals surface area contributed by atoms with Crippen molar-refractivity contribution in [2.45, 2.75) is 36.5 Å². The molecule has 0 unspecified atom stereocenters. The molecule has 0 spiro atoms. The molecule has 4 rings (SSSR count). The van der Waals surface area contributed by atoms with Crippen LogP contribution in [0.25, 0.3) is 0 Å². The molecule has 2 aromatic heterocycles. The number of piperidine rings is 1. The Hall–Kier alpha value is -2.19. The summed E-state index contributed by atoms with van der Waals surface area (Å²) in [6, 6.07) is 8.25. The van der Waals surface area contributed by atoms with Gasteiger partial charge in [0.15, 0.2) is 0 Å². The summed E-state index contributed by atoms with van der Waals surface area (Å²) in [5.41, 5.74) is 1.86. The van der Waals surface area contributed by atoms with Crippen LogP contribution in [0.15, 0.2) is 47.2 Å². The summed E-state index contributed by atoms with van der Waals surface area (Å²) in [5.74, 6) is 0.965. The third kappa shape index (κ3) is 4.39. The van der Waals surface area contributed by atoms with Crippen molar-refractivity contribution < 1.29 is 4.79 Å². The third-order valence-electron chi connectivity index (χ3n) is 4.72. The number of rotatable bonds is 5. The number of thiazole rings is 1. The predicted molar refractivity (Wildman–Crippen MR) is 107 cm³/mol. The molecule has 1 saturated heterocycles. The molecule has 1 amide bonds. The van der Waals surface area contributed by atoms with E-state index in [1.165, 1.54) is 0 Å². The average molecular weight is 400 g/mol. The highest BCUT2D eigenvalue weighted by atomic mass is 32.2. The van der Waals surface area contributed by atoms with Gasteiger partial charge in [0.1, 0.15) is 12.7 Å². The van der Waals surface area contributed by atoms with Crippen LogP contribution in [0.1, 0.15) is 39.9 Å². The number of carbonyl (C=O) groups excluding carboxylic acids is 1. The zero-order valence-electron chi connectivity index (χ0n) is 15.1. The molecule has 8 heteroatoms. The first-order chi connectivity index (χ1) is 13.2. The van der Waals surface area contributed by atoms with Gasteiger partial charge in [0, 0.05) is 34.7 Å². The van der Waals surface area contributed by atoms with E-state index in [1.807, 2.05) is 40.8 Å². The van der Waals surface area contributed by atoms with E-state index in [1.54, 1.807) is 35.8 Å². The molecule has 1 aromatic carbocycles. The van der Waals surface area contributed by atoms with Gasteiger partial charge in [-0.1, -0.05) is 0 Å². The highest BCUT2D eigenvalue weighted by molar-refractivity contribution is 7.98. The number of amides is 1. The van der Waals surface area contributed by atoms with Crippen LogP contribution in [0.3, 0.4) is 0 Å². The van der Waals surface area contributed by atoms with E-state index in [0.717, 1.165) is 52.8 Å². The average Bonchev–Trinajstić information content (AvgIpc) is 3.38. The molecule has 1 aliphatic heterocycles. The number of hydrogen-bond donors (Lipinski definition) is 0. The van der Waals surface area contributed by atoms with Gasteiger partial charge in [0.25, 0.3) is 5.91 Å². The smallest absolute Gasteiger partial charge is 0.253 e. The predicted octanol–water partition coefficient (Wildman–Crippen LogP) is 3.81. The summed E-state index contributed by atoms with van der Waals surface area (Å²) < 4.78 is 1.90. The van der Waals surface area contributed by atoms with Crippen molar-refractivity contribution in [1.82, 2.24) is 24.6 Å². The highest BCUT2D eigenvalue weighted by Crippen LogP contribution is 2.25. The monoisotopic (exact) mass is 399 g/mol. The zero-order chi connectivity index (χ0) is 18.6. The quantitative estimate of drug-likeness (QED) is 0.611. The maximum absolute atomic E-state index is 12.8. The van der Waals surface area contributed by atoms with E-state index >= 15 is 0 Å². The van der Waals surface area contributed by atoms with Crippen molar-refractivity contribution in [1.29, 1.82) is 0 Å². The lowest BCUT2D eigenvalue weighted by molar-refractivity contribution is 0.0690. The largest absolute Gasteiger partial charge is 0.338 e. The fourth-order valence-electron chi connectivity index (χ4n) is 3.25. The van der Waals surface area contributed by atoms with E-state index in [9.17, 15) is 4.79 Å². The number of likely N-dealkylation sites (tertiary alicyclic amines) is 1. The van der Waals surface area contributed by atoms with Crippen molar-refractivity contribution in [2.75, 3.05) is 13.1 Å².